The molecule has 0 aliphatic carbocycles. The molecular formula is C13H11N. The van der Waals surface area contributed by atoms with Crippen LogP contribution in [0.2, 0.25) is 0 Å². The minimum atomic E-state index is 0.790. The maximum absolute atomic E-state index is 5.22. The van der Waals surface area contributed by atoms with Crippen LogP contribution < -0.4 is 0 Å². The molecule has 2 rings (SSSR count). The van der Waals surface area contributed by atoms with E-state index >= 15 is 0 Å². The maximum Gasteiger partial charge on any atom is 0.0704 e. The fourth-order valence-electron chi connectivity index (χ4n) is 1.48. The van der Waals surface area contributed by atoms with Gasteiger partial charge in [0.05, 0.1) is 5.52 Å². The van der Waals surface area contributed by atoms with Gasteiger partial charge in [-0.1, -0.05) is 18.2 Å². The van der Waals surface area contributed by atoms with Crippen LogP contribution in [0.4, 0.5) is 0 Å². The van der Waals surface area contributed by atoms with E-state index in [4.69, 9.17) is 6.42 Å². The van der Waals surface area contributed by atoms with Gasteiger partial charge in [0, 0.05) is 18.0 Å². The van der Waals surface area contributed by atoms with E-state index in [2.05, 4.69) is 35.2 Å². The molecule has 1 nitrogen and oxygen atoms in total. The van der Waals surface area contributed by atoms with Gasteiger partial charge in [-0.3, -0.25) is 4.98 Å². The smallest absolute Gasteiger partial charge is 0.0704 e. The zero-order valence-corrected chi connectivity index (χ0v) is 7.90. The first-order chi connectivity index (χ1) is 6.90. The van der Waals surface area contributed by atoms with Gasteiger partial charge in [-0.05, 0) is 24.1 Å². The van der Waals surface area contributed by atoms with Crippen molar-refractivity contribution in [2.24, 2.45) is 0 Å². The average Bonchev–Trinajstić information content (AvgIpc) is 2.26. The number of aryl methyl sites for hydroxylation is 1. The first kappa shape index (κ1) is 8.77. The highest BCUT2D eigenvalue weighted by Crippen LogP contribution is 2.13. The lowest BCUT2D eigenvalue weighted by Gasteiger charge is -2.00. The van der Waals surface area contributed by atoms with Crippen molar-refractivity contribution in [3.05, 3.63) is 42.1 Å². The van der Waals surface area contributed by atoms with Crippen molar-refractivity contribution in [1.29, 1.82) is 0 Å². The van der Waals surface area contributed by atoms with Crippen LogP contribution in [0.15, 0.2) is 36.5 Å². The molecule has 0 aliphatic heterocycles. The standard InChI is InChI=1S/C13H11N/c1-2-3-5-11-7-8-12-6-4-9-14-13(12)10-11/h1,4,6-10H,3,5H2. The normalized spacial score (nSPS) is 9.93. The van der Waals surface area contributed by atoms with Gasteiger partial charge in [-0.25, -0.2) is 0 Å². The molecule has 68 valence electrons. The lowest BCUT2D eigenvalue weighted by Crippen LogP contribution is -1.85. The van der Waals surface area contributed by atoms with Crippen molar-refractivity contribution in [3.63, 3.8) is 0 Å². The topological polar surface area (TPSA) is 12.9 Å². The predicted molar refractivity (Wildman–Crippen MR) is 58.9 cm³/mol. The van der Waals surface area contributed by atoms with Gasteiger partial charge in [-0.15, -0.1) is 12.3 Å². The first-order valence-electron chi connectivity index (χ1n) is 4.67. The number of hydrogen-bond donors (Lipinski definition) is 0. The van der Waals surface area contributed by atoms with Gasteiger partial charge in [0.25, 0.3) is 0 Å². The van der Waals surface area contributed by atoms with Crippen LogP contribution in [-0.4, -0.2) is 4.98 Å². The van der Waals surface area contributed by atoms with E-state index in [1.165, 1.54) is 10.9 Å². The van der Waals surface area contributed by atoms with Gasteiger partial charge < -0.3 is 0 Å². The predicted octanol–water partition coefficient (Wildman–Crippen LogP) is 2.80. The molecule has 0 radical (unpaired) electrons. The zero-order chi connectivity index (χ0) is 9.80. The minimum absolute atomic E-state index is 0.790. The molecule has 0 aliphatic rings. The average molecular weight is 181 g/mol. The summed E-state index contributed by atoms with van der Waals surface area (Å²) in [6.45, 7) is 0. The molecule has 2 aromatic rings. The molecule has 0 spiro atoms. The summed E-state index contributed by atoms with van der Waals surface area (Å²) in [5.41, 5.74) is 2.30. The van der Waals surface area contributed by atoms with E-state index in [0.717, 1.165) is 18.4 Å². The van der Waals surface area contributed by atoms with Gasteiger partial charge in [0.15, 0.2) is 0 Å². The third-order valence-electron chi connectivity index (χ3n) is 2.23. The third kappa shape index (κ3) is 1.75. The molecule has 0 unspecified atom stereocenters. The molecule has 0 N–H and O–H groups in total. The van der Waals surface area contributed by atoms with E-state index in [0.29, 0.717) is 0 Å². The van der Waals surface area contributed by atoms with Crippen molar-refractivity contribution in [3.8, 4) is 12.3 Å². The Morgan fingerprint density at radius 2 is 2.21 bits per heavy atom. The Labute approximate surface area is 83.8 Å². The highest BCUT2D eigenvalue weighted by Gasteiger charge is 1.95. The number of fused-ring (bicyclic) bond motifs is 1. The van der Waals surface area contributed by atoms with Crippen molar-refractivity contribution >= 4 is 10.9 Å². The Kier molecular flexibility index (Phi) is 2.46. The second-order valence-electron chi connectivity index (χ2n) is 3.23. The number of pyridine rings is 1. The molecule has 0 saturated carbocycles. The summed E-state index contributed by atoms with van der Waals surface area (Å²) in [4.78, 5) is 4.30. The van der Waals surface area contributed by atoms with E-state index in [9.17, 15) is 0 Å². The van der Waals surface area contributed by atoms with Gasteiger partial charge in [0.1, 0.15) is 0 Å². The number of hydrogen-bond acceptors (Lipinski definition) is 1. The summed E-state index contributed by atoms with van der Waals surface area (Å²) in [6.07, 6.45) is 8.76. The van der Waals surface area contributed by atoms with Crippen molar-refractivity contribution < 1.29 is 0 Å². The molecule has 1 aromatic heterocycles. The van der Waals surface area contributed by atoms with Gasteiger partial charge in [-0.2, -0.15) is 0 Å². The molecule has 1 heteroatoms. The Hall–Kier alpha value is -1.81. The van der Waals surface area contributed by atoms with Crippen molar-refractivity contribution in [2.45, 2.75) is 12.8 Å². The number of rotatable bonds is 2. The van der Waals surface area contributed by atoms with Gasteiger partial charge >= 0.3 is 0 Å². The fraction of sp³-hybridized carbons (Fsp3) is 0.154. The van der Waals surface area contributed by atoms with E-state index in [1.807, 2.05) is 12.3 Å². The van der Waals surface area contributed by atoms with Crippen LogP contribution in [-0.2, 0) is 6.42 Å². The summed E-state index contributed by atoms with van der Waals surface area (Å²) in [5.74, 6) is 2.64. The Balaban J connectivity index is 2.37. The summed E-state index contributed by atoms with van der Waals surface area (Å²) in [7, 11) is 0. The lowest BCUT2D eigenvalue weighted by molar-refractivity contribution is 1.03. The third-order valence-corrected chi connectivity index (χ3v) is 2.23. The molecule has 1 heterocycles. The number of terminal acetylenes is 1. The van der Waals surface area contributed by atoms with Crippen LogP contribution in [0.1, 0.15) is 12.0 Å². The van der Waals surface area contributed by atoms with Crippen LogP contribution >= 0.6 is 0 Å². The molecule has 14 heavy (non-hydrogen) atoms. The largest absolute Gasteiger partial charge is 0.256 e. The molecule has 0 saturated heterocycles. The molecular weight excluding hydrogens is 170 g/mol. The van der Waals surface area contributed by atoms with E-state index in [-0.39, 0.29) is 0 Å². The fourth-order valence-corrected chi connectivity index (χ4v) is 1.48. The maximum atomic E-state index is 5.22. The van der Waals surface area contributed by atoms with Crippen LogP contribution in [0.25, 0.3) is 10.9 Å². The Bertz CT molecular complexity index is 480. The quantitative estimate of drug-likeness (QED) is 0.649. The molecule has 0 atom stereocenters. The van der Waals surface area contributed by atoms with Crippen molar-refractivity contribution in [2.75, 3.05) is 0 Å². The molecule has 1 aromatic carbocycles. The van der Waals surface area contributed by atoms with E-state index in [1.54, 1.807) is 0 Å². The SMILES string of the molecule is C#CCCc1ccc2cccnc2c1. The van der Waals surface area contributed by atoms with Crippen molar-refractivity contribution in [1.82, 2.24) is 4.98 Å². The summed E-state index contributed by atoms with van der Waals surface area (Å²) >= 11 is 0. The van der Waals surface area contributed by atoms with E-state index < -0.39 is 0 Å². The molecule has 0 amide bonds. The summed E-state index contributed by atoms with van der Waals surface area (Å²) in [5, 5.41) is 1.18. The monoisotopic (exact) mass is 181 g/mol. The Morgan fingerprint density at radius 3 is 3.07 bits per heavy atom. The Morgan fingerprint density at radius 1 is 1.29 bits per heavy atom. The second-order valence-corrected chi connectivity index (χ2v) is 3.23. The highest BCUT2D eigenvalue weighted by molar-refractivity contribution is 5.78. The number of aromatic nitrogens is 1. The lowest BCUT2D eigenvalue weighted by atomic mass is 10.1. The number of nitrogens with zero attached hydrogens (tertiary/aromatic N) is 1. The minimum Gasteiger partial charge on any atom is -0.256 e. The second kappa shape index (κ2) is 3.93. The van der Waals surface area contributed by atoms with Crippen LogP contribution in [0, 0.1) is 12.3 Å². The molecule has 0 fully saturated rings. The van der Waals surface area contributed by atoms with Crippen LogP contribution in [0.5, 0.6) is 0 Å². The van der Waals surface area contributed by atoms with Crippen LogP contribution in [0.3, 0.4) is 0 Å². The van der Waals surface area contributed by atoms with Gasteiger partial charge in [0.2, 0.25) is 0 Å². The highest BCUT2D eigenvalue weighted by atomic mass is 14.6. The first-order valence-corrected chi connectivity index (χ1v) is 4.67. The zero-order valence-electron chi connectivity index (χ0n) is 7.90. The summed E-state index contributed by atoms with van der Waals surface area (Å²) in [6, 6.07) is 10.3. The summed E-state index contributed by atoms with van der Waals surface area (Å²) < 4.78 is 0. The number of benzene rings is 1. The molecule has 0 bridgehead atoms.